The Hall–Kier alpha value is -2.00. The Labute approximate surface area is 178 Å². The number of hydrogen-bond donors (Lipinski definition) is 0. The number of halogens is 1. The summed E-state index contributed by atoms with van der Waals surface area (Å²) in [7, 11) is 0. The summed E-state index contributed by atoms with van der Waals surface area (Å²) in [6, 6.07) is 12.9. The van der Waals surface area contributed by atoms with Crippen LogP contribution in [-0.4, -0.2) is 26.0 Å². The molecule has 29 heavy (non-hydrogen) atoms. The molecule has 3 atom stereocenters. The van der Waals surface area contributed by atoms with Crippen LogP contribution in [0.2, 0.25) is 5.02 Å². The molecular weight excluding hydrogens is 382 g/mol. The standard InChI is InChI=1S/C25H28ClNO2/c1-17-4-9-24-23(11-17)27(13-19-5-6-20(19)14-28)15-25(16-29-24)10-2-3-18-12-21(26)7-8-22(18)25/h4,7-9,11-12,14,19-20H,2-3,5-6,10,13,15-16H2,1H3/t19-,20-,25-/m0/s1. The highest BCUT2D eigenvalue weighted by atomic mass is 35.5. The number of aldehydes is 1. The first kappa shape index (κ1) is 19.0. The van der Waals surface area contributed by atoms with Gasteiger partial charge in [-0.2, -0.15) is 0 Å². The van der Waals surface area contributed by atoms with Gasteiger partial charge in [0, 0.05) is 29.4 Å². The van der Waals surface area contributed by atoms with E-state index in [1.54, 1.807) is 0 Å². The van der Waals surface area contributed by atoms with E-state index in [0.717, 1.165) is 62.3 Å². The molecule has 0 N–H and O–H groups in total. The van der Waals surface area contributed by atoms with E-state index in [4.69, 9.17) is 16.3 Å². The van der Waals surface area contributed by atoms with Gasteiger partial charge in [-0.25, -0.2) is 0 Å². The highest BCUT2D eigenvalue weighted by Gasteiger charge is 2.43. The van der Waals surface area contributed by atoms with E-state index < -0.39 is 0 Å². The Morgan fingerprint density at radius 1 is 1.24 bits per heavy atom. The van der Waals surface area contributed by atoms with Crippen molar-refractivity contribution in [2.24, 2.45) is 11.8 Å². The maximum Gasteiger partial charge on any atom is 0.142 e. The summed E-state index contributed by atoms with van der Waals surface area (Å²) in [5.41, 5.74) is 5.14. The van der Waals surface area contributed by atoms with Crippen molar-refractivity contribution in [1.82, 2.24) is 0 Å². The van der Waals surface area contributed by atoms with Gasteiger partial charge in [0.25, 0.3) is 0 Å². The summed E-state index contributed by atoms with van der Waals surface area (Å²) in [5.74, 6) is 1.63. The number of aryl methyl sites for hydroxylation is 2. The largest absolute Gasteiger partial charge is 0.490 e. The number of hydrogen-bond acceptors (Lipinski definition) is 3. The fraction of sp³-hybridized carbons (Fsp3) is 0.480. The van der Waals surface area contributed by atoms with Crippen molar-refractivity contribution in [2.75, 3.05) is 24.6 Å². The van der Waals surface area contributed by atoms with Crippen LogP contribution >= 0.6 is 11.6 Å². The predicted octanol–water partition coefficient (Wildman–Crippen LogP) is 5.35. The number of benzene rings is 2. The van der Waals surface area contributed by atoms with Crippen LogP contribution in [0.5, 0.6) is 5.75 Å². The van der Waals surface area contributed by atoms with Gasteiger partial charge in [0.05, 0.1) is 12.3 Å². The van der Waals surface area contributed by atoms with Gasteiger partial charge in [-0.3, -0.25) is 0 Å². The first-order valence-corrected chi connectivity index (χ1v) is 11.2. The van der Waals surface area contributed by atoms with Gasteiger partial charge in [0.2, 0.25) is 0 Å². The van der Waals surface area contributed by atoms with E-state index >= 15 is 0 Å². The van der Waals surface area contributed by atoms with Gasteiger partial charge < -0.3 is 14.4 Å². The van der Waals surface area contributed by atoms with Crippen LogP contribution in [0.4, 0.5) is 5.69 Å². The van der Waals surface area contributed by atoms with Gasteiger partial charge in [-0.15, -0.1) is 0 Å². The fourth-order valence-electron chi connectivity index (χ4n) is 5.51. The third-order valence-corrected chi connectivity index (χ3v) is 7.53. The molecule has 1 heterocycles. The van der Waals surface area contributed by atoms with Gasteiger partial charge in [-0.1, -0.05) is 23.7 Å². The van der Waals surface area contributed by atoms with Crippen molar-refractivity contribution >= 4 is 23.6 Å². The minimum Gasteiger partial charge on any atom is -0.490 e. The summed E-state index contributed by atoms with van der Waals surface area (Å²) < 4.78 is 6.46. The van der Waals surface area contributed by atoms with Crippen LogP contribution in [0.15, 0.2) is 36.4 Å². The molecule has 0 amide bonds. The molecule has 1 fully saturated rings. The molecular formula is C25H28ClNO2. The fourth-order valence-corrected chi connectivity index (χ4v) is 5.70. The molecule has 3 aliphatic rings. The predicted molar refractivity (Wildman–Crippen MR) is 117 cm³/mol. The number of fused-ring (bicyclic) bond motifs is 3. The number of anilines is 1. The van der Waals surface area contributed by atoms with Gasteiger partial charge in [-0.05, 0) is 85.9 Å². The monoisotopic (exact) mass is 409 g/mol. The van der Waals surface area contributed by atoms with Gasteiger partial charge in [0.15, 0.2) is 0 Å². The lowest BCUT2D eigenvalue weighted by atomic mass is 9.69. The number of carbonyl (C=O) groups is 1. The Bertz CT molecular complexity index is 942. The Morgan fingerprint density at radius 2 is 2.14 bits per heavy atom. The molecule has 2 aliphatic carbocycles. The third kappa shape index (κ3) is 3.34. The van der Waals surface area contributed by atoms with E-state index in [1.807, 2.05) is 6.07 Å². The van der Waals surface area contributed by atoms with Crippen molar-refractivity contribution in [1.29, 1.82) is 0 Å². The third-order valence-electron chi connectivity index (χ3n) is 7.30. The average molecular weight is 410 g/mol. The minimum atomic E-state index is -0.0362. The molecule has 1 spiro atoms. The van der Waals surface area contributed by atoms with Crippen molar-refractivity contribution < 1.29 is 9.53 Å². The average Bonchev–Trinajstić information content (AvgIpc) is 2.83. The molecule has 0 aromatic heterocycles. The molecule has 1 aliphatic heterocycles. The molecule has 1 saturated carbocycles. The van der Waals surface area contributed by atoms with Crippen molar-refractivity contribution in [3.05, 3.63) is 58.1 Å². The highest BCUT2D eigenvalue weighted by molar-refractivity contribution is 6.30. The molecule has 3 nitrogen and oxygen atoms in total. The second-order valence-electron chi connectivity index (χ2n) is 9.21. The van der Waals surface area contributed by atoms with E-state index in [-0.39, 0.29) is 11.3 Å². The van der Waals surface area contributed by atoms with E-state index in [2.05, 4.69) is 42.2 Å². The molecule has 2 aromatic carbocycles. The summed E-state index contributed by atoms with van der Waals surface area (Å²) in [6.45, 7) is 4.68. The van der Waals surface area contributed by atoms with Crippen molar-refractivity contribution in [3.8, 4) is 5.75 Å². The van der Waals surface area contributed by atoms with E-state index in [9.17, 15) is 4.79 Å². The van der Waals surface area contributed by atoms with Crippen LogP contribution in [0, 0.1) is 18.8 Å². The maximum atomic E-state index is 11.4. The lowest BCUT2D eigenvalue weighted by Crippen LogP contribution is -2.48. The van der Waals surface area contributed by atoms with Crippen LogP contribution in [0.1, 0.15) is 42.4 Å². The van der Waals surface area contributed by atoms with Crippen molar-refractivity contribution in [3.63, 3.8) is 0 Å². The SMILES string of the molecule is Cc1ccc2c(c1)N(C[C@@H]1CC[C@H]1C=O)C[C@@]1(CCCc3cc(Cl)ccc31)CO2. The molecule has 0 radical (unpaired) electrons. The second-order valence-corrected chi connectivity index (χ2v) is 9.65. The van der Waals surface area contributed by atoms with E-state index in [0.29, 0.717) is 12.5 Å². The molecule has 152 valence electrons. The molecule has 0 unspecified atom stereocenters. The normalized spacial score (nSPS) is 28.0. The molecule has 5 rings (SSSR count). The van der Waals surface area contributed by atoms with Crippen molar-refractivity contribution in [2.45, 2.75) is 44.4 Å². The first-order chi connectivity index (χ1) is 14.1. The molecule has 2 aromatic rings. The Morgan fingerprint density at radius 3 is 2.93 bits per heavy atom. The van der Waals surface area contributed by atoms with Crippen LogP contribution < -0.4 is 9.64 Å². The zero-order valence-electron chi connectivity index (χ0n) is 17.0. The Kier molecular flexibility index (Phi) is 4.82. The summed E-state index contributed by atoms with van der Waals surface area (Å²) in [4.78, 5) is 14.0. The smallest absolute Gasteiger partial charge is 0.142 e. The zero-order chi connectivity index (χ0) is 20.0. The summed E-state index contributed by atoms with van der Waals surface area (Å²) in [6.07, 6.45) is 6.69. The maximum absolute atomic E-state index is 11.4. The van der Waals surface area contributed by atoms with Crippen LogP contribution in [0.25, 0.3) is 0 Å². The van der Waals surface area contributed by atoms with Crippen LogP contribution in [-0.2, 0) is 16.6 Å². The lowest BCUT2D eigenvalue weighted by molar-refractivity contribution is -0.115. The summed E-state index contributed by atoms with van der Waals surface area (Å²) >= 11 is 6.31. The van der Waals surface area contributed by atoms with Gasteiger partial charge >= 0.3 is 0 Å². The number of carbonyl (C=O) groups excluding carboxylic acids is 1. The summed E-state index contributed by atoms with van der Waals surface area (Å²) in [5, 5.41) is 0.814. The van der Waals surface area contributed by atoms with Gasteiger partial charge in [0.1, 0.15) is 12.0 Å². The molecule has 4 heteroatoms. The number of ether oxygens (including phenoxy) is 1. The lowest BCUT2D eigenvalue weighted by Gasteiger charge is -2.43. The molecule has 0 bridgehead atoms. The number of nitrogens with zero attached hydrogens (tertiary/aromatic N) is 1. The van der Waals surface area contributed by atoms with E-state index in [1.165, 1.54) is 22.4 Å². The number of rotatable bonds is 3. The minimum absolute atomic E-state index is 0.0362. The zero-order valence-corrected chi connectivity index (χ0v) is 17.8. The topological polar surface area (TPSA) is 29.5 Å². The molecule has 0 saturated heterocycles. The quantitative estimate of drug-likeness (QED) is 0.640. The highest BCUT2D eigenvalue weighted by Crippen LogP contribution is 2.45. The second kappa shape index (κ2) is 7.36. The first-order valence-electron chi connectivity index (χ1n) is 10.8. The Balaban J connectivity index is 1.55. The van der Waals surface area contributed by atoms with Crippen LogP contribution in [0.3, 0.4) is 0 Å².